The van der Waals surface area contributed by atoms with Gasteiger partial charge in [0, 0.05) is 13.0 Å². The number of aldehydes is 1. The van der Waals surface area contributed by atoms with Crippen LogP contribution in [-0.4, -0.2) is 25.6 Å². The molecular weight excluding hydrogens is 164 g/mol. The minimum Gasteiger partial charge on any atom is -0.330 e. The van der Waals surface area contributed by atoms with Crippen molar-refractivity contribution in [3.63, 3.8) is 0 Å². The van der Waals surface area contributed by atoms with Crippen LogP contribution in [0.3, 0.4) is 0 Å². The summed E-state index contributed by atoms with van der Waals surface area (Å²) in [6.07, 6.45) is 9.38. The van der Waals surface area contributed by atoms with Crippen LogP contribution in [0.15, 0.2) is 4.99 Å². The summed E-state index contributed by atoms with van der Waals surface area (Å²) in [6.45, 7) is 1.77. The highest BCUT2D eigenvalue weighted by atomic mass is 16.1. The third-order valence-corrected chi connectivity index (χ3v) is 1.78. The van der Waals surface area contributed by atoms with Crippen LogP contribution in [0.1, 0.15) is 38.5 Å². The van der Waals surface area contributed by atoms with E-state index in [0.717, 1.165) is 25.7 Å². The Balaban J connectivity index is 0.000000223. The van der Waals surface area contributed by atoms with Crippen LogP contribution in [0.25, 0.3) is 0 Å². The van der Waals surface area contributed by atoms with Crippen LogP contribution in [0.2, 0.25) is 0 Å². The molecule has 0 radical (unpaired) electrons. The van der Waals surface area contributed by atoms with E-state index < -0.39 is 0 Å². The van der Waals surface area contributed by atoms with Crippen molar-refractivity contribution in [2.75, 3.05) is 13.1 Å². The summed E-state index contributed by atoms with van der Waals surface area (Å²) in [5.41, 5.74) is 5.15. The fourth-order valence-corrected chi connectivity index (χ4v) is 0.993. The Labute approximate surface area is 80.4 Å². The molecular formula is C10H20N2O. The molecule has 1 aliphatic heterocycles. The second kappa shape index (κ2) is 11.3. The van der Waals surface area contributed by atoms with Crippen LogP contribution in [0.5, 0.6) is 0 Å². The molecule has 0 amide bonds. The van der Waals surface area contributed by atoms with E-state index in [1.54, 1.807) is 0 Å². The van der Waals surface area contributed by atoms with Gasteiger partial charge in [0.25, 0.3) is 0 Å². The Morgan fingerprint density at radius 3 is 2.54 bits per heavy atom. The number of hydrogen-bond donors (Lipinski definition) is 1. The molecule has 1 rings (SSSR count). The second-order valence-corrected chi connectivity index (χ2v) is 3.04. The van der Waals surface area contributed by atoms with Crippen LogP contribution >= 0.6 is 0 Å². The lowest BCUT2D eigenvalue weighted by molar-refractivity contribution is -0.107. The third-order valence-electron chi connectivity index (χ3n) is 1.78. The summed E-state index contributed by atoms with van der Waals surface area (Å²) in [5, 5.41) is 0. The number of rotatable bonds is 4. The van der Waals surface area contributed by atoms with Crippen molar-refractivity contribution in [3.05, 3.63) is 0 Å². The van der Waals surface area contributed by atoms with Gasteiger partial charge in [-0.05, 0) is 44.9 Å². The summed E-state index contributed by atoms with van der Waals surface area (Å²) in [7, 11) is 0. The fraction of sp³-hybridized carbons (Fsp3) is 0.800. The van der Waals surface area contributed by atoms with E-state index in [4.69, 9.17) is 5.73 Å². The van der Waals surface area contributed by atoms with Gasteiger partial charge >= 0.3 is 0 Å². The van der Waals surface area contributed by atoms with Gasteiger partial charge in [0.1, 0.15) is 6.29 Å². The lowest BCUT2D eigenvalue weighted by atomic mass is 10.2. The molecule has 0 saturated carbocycles. The molecule has 0 bridgehead atoms. The Morgan fingerprint density at radius 1 is 1.38 bits per heavy atom. The van der Waals surface area contributed by atoms with E-state index in [2.05, 4.69) is 4.99 Å². The predicted molar refractivity (Wildman–Crippen MR) is 56.2 cm³/mol. The van der Waals surface area contributed by atoms with Gasteiger partial charge in [-0.3, -0.25) is 4.99 Å². The number of nitrogens with zero attached hydrogens (tertiary/aromatic N) is 1. The quantitative estimate of drug-likeness (QED) is 0.532. The molecule has 3 nitrogen and oxygen atoms in total. The molecule has 0 spiro atoms. The molecule has 0 aromatic heterocycles. The van der Waals surface area contributed by atoms with E-state index >= 15 is 0 Å². The largest absolute Gasteiger partial charge is 0.330 e. The Kier molecular flexibility index (Phi) is 10.7. The maximum Gasteiger partial charge on any atom is 0.119 e. The van der Waals surface area contributed by atoms with Crippen molar-refractivity contribution in [2.45, 2.75) is 38.5 Å². The van der Waals surface area contributed by atoms with Crippen molar-refractivity contribution in [1.82, 2.24) is 0 Å². The summed E-state index contributed by atoms with van der Waals surface area (Å²) in [4.78, 5) is 13.7. The Hall–Kier alpha value is -0.700. The first-order valence-electron chi connectivity index (χ1n) is 5.03. The van der Waals surface area contributed by atoms with Gasteiger partial charge in [0.05, 0.1) is 0 Å². The molecule has 76 valence electrons. The first kappa shape index (κ1) is 12.3. The molecule has 0 atom stereocenters. The summed E-state index contributed by atoms with van der Waals surface area (Å²) in [5.74, 6) is 0. The highest BCUT2D eigenvalue weighted by molar-refractivity contribution is 5.57. The Morgan fingerprint density at radius 2 is 2.23 bits per heavy atom. The third kappa shape index (κ3) is 11.3. The van der Waals surface area contributed by atoms with Crippen LogP contribution in [0, 0.1) is 0 Å². The zero-order valence-electron chi connectivity index (χ0n) is 8.24. The smallest absolute Gasteiger partial charge is 0.119 e. The van der Waals surface area contributed by atoms with Gasteiger partial charge in [-0.2, -0.15) is 0 Å². The highest BCUT2D eigenvalue weighted by Crippen LogP contribution is 1.97. The molecule has 13 heavy (non-hydrogen) atoms. The van der Waals surface area contributed by atoms with Gasteiger partial charge in [0.2, 0.25) is 0 Å². The zero-order chi connectivity index (χ0) is 9.78. The van der Waals surface area contributed by atoms with Crippen molar-refractivity contribution in [3.8, 4) is 0 Å². The lowest BCUT2D eigenvalue weighted by Crippen LogP contribution is -1.97. The predicted octanol–water partition coefficient (Wildman–Crippen LogP) is 1.56. The van der Waals surface area contributed by atoms with E-state index in [9.17, 15) is 4.79 Å². The molecule has 0 aromatic rings. The number of carbonyl (C=O) groups excluding carboxylic acids is 1. The molecule has 0 unspecified atom stereocenters. The van der Waals surface area contributed by atoms with E-state index in [0.29, 0.717) is 13.0 Å². The fourth-order valence-electron chi connectivity index (χ4n) is 0.993. The lowest BCUT2D eigenvalue weighted by Gasteiger charge is -1.97. The molecule has 2 N–H and O–H groups in total. The van der Waals surface area contributed by atoms with Crippen molar-refractivity contribution in [2.24, 2.45) is 10.7 Å². The van der Waals surface area contributed by atoms with Crippen molar-refractivity contribution >= 4 is 12.5 Å². The second-order valence-electron chi connectivity index (χ2n) is 3.04. The van der Waals surface area contributed by atoms with Gasteiger partial charge in [-0.25, -0.2) is 0 Å². The molecule has 1 heterocycles. The minimum absolute atomic E-state index is 0.664. The number of carbonyl (C=O) groups is 1. The van der Waals surface area contributed by atoms with Crippen molar-refractivity contribution in [1.29, 1.82) is 0 Å². The average Bonchev–Trinajstić information content (AvgIpc) is 2.22. The molecule has 0 fully saturated rings. The zero-order valence-corrected chi connectivity index (χ0v) is 8.24. The standard InChI is InChI=1S/C5H11NO.C5H9N/c6-4-2-1-3-5-7;1-2-4-6-5-3-1/h5H,1-4,6H2;4H,1-3,5H2. The maximum atomic E-state index is 9.64. The SMILES string of the molecule is C1=NCCCC1.NCCCCC=O. The number of aliphatic imine (C=N–C) groups is 1. The molecule has 0 aromatic carbocycles. The van der Waals surface area contributed by atoms with Crippen LogP contribution in [0.4, 0.5) is 0 Å². The number of nitrogens with two attached hydrogens (primary N) is 1. The number of hydrogen-bond acceptors (Lipinski definition) is 3. The van der Waals surface area contributed by atoms with Crippen molar-refractivity contribution < 1.29 is 4.79 Å². The monoisotopic (exact) mass is 184 g/mol. The normalized spacial score (nSPS) is 14.5. The van der Waals surface area contributed by atoms with E-state index in [1.165, 1.54) is 19.3 Å². The van der Waals surface area contributed by atoms with Gasteiger partial charge in [0.15, 0.2) is 0 Å². The molecule has 1 aliphatic rings. The van der Waals surface area contributed by atoms with E-state index in [1.807, 2.05) is 6.21 Å². The van der Waals surface area contributed by atoms with Gasteiger partial charge in [-0.1, -0.05) is 0 Å². The van der Waals surface area contributed by atoms with Crippen LogP contribution < -0.4 is 5.73 Å². The average molecular weight is 184 g/mol. The van der Waals surface area contributed by atoms with Gasteiger partial charge < -0.3 is 10.5 Å². The minimum atomic E-state index is 0.664. The highest BCUT2D eigenvalue weighted by Gasteiger charge is 1.88. The number of unbranched alkanes of at least 4 members (excludes halogenated alkanes) is 2. The van der Waals surface area contributed by atoms with E-state index in [-0.39, 0.29) is 0 Å². The summed E-state index contributed by atoms with van der Waals surface area (Å²) >= 11 is 0. The first-order chi connectivity index (χ1) is 6.41. The molecule has 0 saturated heterocycles. The molecule has 3 heteroatoms. The van der Waals surface area contributed by atoms with Gasteiger partial charge in [-0.15, -0.1) is 0 Å². The maximum absolute atomic E-state index is 9.64. The first-order valence-corrected chi connectivity index (χ1v) is 5.03. The Bertz CT molecular complexity index is 127. The summed E-state index contributed by atoms with van der Waals surface area (Å²) in [6, 6.07) is 0. The topological polar surface area (TPSA) is 55.4 Å². The van der Waals surface area contributed by atoms with Crippen LogP contribution in [-0.2, 0) is 4.79 Å². The molecule has 0 aliphatic carbocycles. The summed E-state index contributed by atoms with van der Waals surface area (Å²) < 4.78 is 0.